The summed E-state index contributed by atoms with van der Waals surface area (Å²) in [6.07, 6.45) is 2.63. The molecule has 0 saturated heterocycles. The van der Waals surface area contributed by atoms with Crippen LogP contribution in [0, 0.1) is 13.8 Å². The Hall–Kier alpha value is -1.23. The topological polar surface area (TPSA) is 58.3 Å². The van der Waals surface area contributed by atoms with Gasteiger partial charge in [0.15, 0.2) is 0 Å². The minimum absolute atomic E-state index is 0.404. The molecule has 2 unspecified atom stereocenters. The fourth-order valence-corrected chi connectivity index (χ4v) is 5.68. The highest BCUT2D eigenvalue weighted by Gasteiger charge is 2.63. The van der Waals surface area contributed by atoms with E-state index >= 15 is 0 Å². The smallest absolute Gasteiger partial charge is 0.141 e. The van der Waals surface area contributed by atoms with Crippen LogP contribution >= 0.6 is 23.2 Å². The molecule has 1 fully saturated rings. The summed E-state index contributed by atoms with van der Waals surface area (Å²) < 4.78 is 5.34. The number of aryl methyl sites for hydroxylation is 2. The number of aromatic nitrogens is 1. The van der Waals surface area contributed by atoms with E-state index in [0.717, 1.165) is 47.3 Å². The highest BCUT2D eigenvalue weighted by Crippen LogP contribution is 2.61. The average Bonchev–Trinajstić information content (AvgIpc) is 3.06. The molecule has 0 amide bonds. The van der Waals surface area contributed by atoms with Crippen molar-refractivity contribution in [1.29, 1.82) is 0 Å². The molecule has 1 aliphatic carbocycles. The van der Waals surface area contributed by atoms with Crippen molar-refractivity contribution in [2.75, 3.05) is 5.32 Å². The van der Waals surface area contributed by atoms with Gasteiger partial charge in [0.05, 0.1) is 32.6 Å². The fourth-order valence-electron chi connectivity index (χ4n) is 5.19. The van der Waals surface area contributed by atoms with Gasteiger partial charge in [-0.05, 0) is 58.6 Å². The summed E-state index contributed by atoms with van der Waals surface area (Å²) in [5.41, 5.74) is 2.52. The molecule has 2 aromatic rings. The molecule has 4 nitrogen and oxygen atoms in total. The molecule has 2 heterocycles. The Labute approximate surface area is 163 Å². The Kier molecular flexibility index (Phi) is 3.77. The zero-order chi connectivity index (χ0) is 19.1. The molecule has 2 atom stereocenters. The summed E-state index contributed by atoms with van der Waals surface area (Å²) in [6, 6.07) is 2.06. The number of fused-ring (bicyclic) bond motifs is 3. The third-order valence-electron chi connectivity index (χ3n) is 6.70. The van der Waals surface area contributed by atoms with Crippen LogP contribution in [-0.2, 0) is 5.41 Å². The van der Waals surface area contributed by atoms with Crippen molar-refractivity contribution in [3.05, 3.63) is 33.1 Å². The van der Waals surface area contributed by atoms with Crippen LogP contribution in [0.5, 0.6) is 0 Å². The summed E-state index contributed by atoms with van der Waals surface area (Å²) in [6.45, 7) is 9.97. The minimum Gasteiger partial charge on any atom is -0.387 e. The molecule has 2 aliphatic rings. The lowest BCUT2D eigenvalue weighted by Crippen LogP contribution is -2.66. The van der Waals surface area contributed by atoms with Crippen molar-refractivity contribution in [3.8, 4) is 11.1 Å². The zero-order valence-electron chi connectivity index (χ0n) is 15.8. The third kappa shape index (κ3) is 2.04. The second kappa shape index (κ2) is 5.40. The second-order valence-electron chi connectivity index (χ2n) is 8.47. The molecule has 1 aliphatic heterocycles. The predicted molar refractivity (Wildman–Crippen MR) is 105 cm³/mol. The number of halogens is 2. The predicted octanol–water partition coefficient (Wildman–Crippen LogP) is 5.64. The number of rotatable bonds is 1. The maximum Gasteiger partial charge on any atom is 0.141 e. The van der Waals surface area contributed by atoms with Crippen molar-refractivity contribution in [2.24, 2.45) is 0 Å². The Bertz CT molecular complexity index is 902. The number of nitrogens with one attached hydrogen (secondary N) is 1. The lowest BCUT2D eigenvalue weighted by Gasteiger charge is -2.55. The molecular formula is C20H24Cl2N2O2. The van der Waals surface area contributed by atoms with Crippen LogP contribution in [0.4, 0.5) is 5.69 Å². The number of nitrogens with zero attached hydrogens (tertiary/aromatic N) is 1. The van der Waals surface area contributed by atoms with Crippen LogP contribution in [0.1, 0.15) is 57.1 Å². The molecule has 4 rings (SSSR count). The maximum atomic E-state index is 11.7. The highest BCUT2D eigenvalue weighted by molar-refractivity contribution is 6.45. The number of hydrogen-bond donors (Lipinski definition) is 2. The van der Waals surface area contributed by atoms with Crippen molar-refractivity contribution in [3.63, 3.8) is 0 Å². The van der Waals surface area contributed by atoms with E-state index in [1.807, 2.05) is 27.7 Å². The van der Waals surface area contributed by atoms with E-state index in [0.29, 0.717) is 15.8 Å². The van der Waals surface area contributed by atoms with E-state index in [1.165, 1.54) is 0 Å². The molecule has 0 radical (unpaired) electrons. The average molecular weight is 395 g/mol. The lowest BCUT2D eigenvalue weighted by molar-refractivity contribution is -0.0628. The molecule has 1 saturated carbocycles. The monoisotopic (exact) mass is 394 g/mol. The van der Waals surface area contributed by atoms with E-state index in [-0.39, 0.29) is 0 Å². The van der Waals surface area contributed by atoms with Crippen LogP contribution in [0.15, 0.2) is 10.6 Å². The Morgan fingerprint density at radius 1 is 1.15 bits per heavy atom. The first-order valence-electron chi connectivity index (χ1n) is 9.00. The van der Waals surface area contributed by atoms with E-state index in [9.17, 15) is 5.11 Å². The first-order valence-corrected chi connectivity index (χ1v) is 9.75. The van der Waals surface area contributed by atoms with E-state index in [2.05, 4.69) is 23.5 Å². The van der Waals surface area contributed by atoms with Gasteiger partial charge >= 0.3 is 0 Å². The van der Waals surface area contributed by atoms with Crippen LogP contribution in [-0.4, -0.2) is 21.4 Å². The molecule has 140 valence electrons. The van der Waals surface area contributed by atoms with E-state index in [4.69, 9.17) is 27.7 Å². The normalized spacial score (nSPS) is 29.2. The standard InChI is InChI=1S/C20H24Cl2N2O2/c1-10-14(11(2)26-24-10)12-9-13-17(16(22)15(12)21)23-18(3,4)20(25)8-6-7-19(13,20)5/h9,23,25H,6-8H2,1-5H3. The Balaban J connectivity index is 2.05. The van der Waals surface area contributed by atoms with Gasteiger partial charge in [-0.1, -0.05) is 35.3 Å². The summed E-state index contributed by atoms with van der Waals surface area (Å²) >= 11 is 13.4. The van der Waals surface area contributed by atoms with Crippen molar-refractivity contribution < 1.29 is 9.63 Å². The summed E-state index contributed by atoms with van der Waals surface area (Å²) in [7, 11) is 0. The third-order valence-corrected chi connectivity index (χ3v) is 7.57. The van der Waals surface area contributed by atoms with Gasteiger partial charge in [0.25, 0.3) is 0 Å². The summed E-state index contributed by atoms with van der Waals surface area (Å²) in [5, 5.41) is 20.2. The van der Waals surface area contributed by atoms with E-state index in [1.54, 1.807) is 0 Å². The van der Waals surface area contributed by atoms with Crippen LogP contribution < -0.4 is 5.32 Å². The number of anilines is 1. The van der Waals surface area contributed by atoms with Gasteiger partial charge in [0.1, 0.15) is 5.76 Å². The lowest BCUT2D eigenvalue weighted by atomic mass is 9.60. The largest absolute Gasteiger partial charge is 0.387 e. The number of aliphatic hydroxyl groups is 1. The van der Waals surface area contributed by atoms with Gasteiger partial charge < -0.3 is 14.9 Å². The van der Waals surface area contributed by atoms with Gasteiger partial charge in [0, 0.05) is 16.5 Å². The van der Waals surface area contributed by atoms with Crippen LogP contribution in [0.2, 0.25) is 10.0 Å². The SMILES string of the molecule is Cc1noc(C)c1-c1cc2c(c(Cl)c1Cl)NC(C)(C)C1(O)CCCC21C. The molecule has 2 N–H and O–H groups in total. The molecule has 1 aromatic carbocycles. The second-order valence-corrected chi connectivity index (χ2v) is 9.23. The molecule has 0 spiro atoms. The van der Waals surface area contributed by atoms with E-state index < -0.39 is 16.6 Å². The van der Waals surface area contributed by atoms with Crippen molar-refractivity contribution in [2.45, 2.75) is 70.4 Å². The summed E-state index contributed by atoms with van der Waals surface area (Å²) in [4.78, 5) is 0. The van der Waals surface area contributed by atoms with Crippen LogP contribution in [0.3, 0.4) is 0 Å². The Morgan fingerprint density at radius 3 is 2.46 bits per heavy atom. The van der Waals surface area contributed by atoms with Gasteiger partial charge in [-0.15, -0.1) is 0 Å². The first-order chi connectivity index (χ1) is 12.0. The minimum atomic E-state index is -0.861. The van der Waals surface area contributed by atoms with Crippen molar-refractivity contribution in [1.82, 2.24) is 5.16 Å². The van der Waals surface area contributed by atoms with Gasteiger partial charge in [-0.3, -0.25) is 0 Å². The Morgan fingerprint density at radius 2 is 1.85 bits per heavy atom. The molecule has 1 aromatic heterocycles. The zero-order valence-corrected chi connectivity index (χ0v) is 17.3. The number of hydrogen-bond acceptors (Lipinski definition) is 4. The van der Waals surface area contributed by atoms with Crippen LogP contribution in [0.25, 0.3) is 11.1 Å². The molecule has 26 heavy (non-hydrogen) atoms. The first kappa shape index (κ1) is 18.1. The molecular weight excluding hydrogens is 371 g/mol. The quantitative estimate of drug-likeness (QED) is 0.656. The number of benzene rings is 1. The molecule has 0 bridgehead atoms. The molecule has 6 heteroatoms. The van der Waals surface area contributed by atoms with Gasteiger partial charge in [0.2, 0.25) is 0 Å². The van der Waals surface area contributed by atoms with Gasteiger partial charge in [-0.25, -0.2) is 0 Å². The maximum absolute atomic E-state index is 11.7. The highest BCUT2D eigenvalue weighted by atomic mass is 35.5. The van der Waals surface area contributed by atoms with Crippen molar-refractivity contribution >= 4 is 28.9 Å². The summed E-state index contributed by atoms with van der Waals surface area (Å²) in [5.74, 6) is 0.705. The van der Waals surface area contributed by atoms with Gasteiger partial charge in [-0.2, -0.15) is 0 Å². The fraction of sp³-hybridized carbons (Fsp3) is 0.550.